The first-order valence-corrected chi connectivity index (χ1v) is 9.54. The van der Waals surface area contributed by atoms with E-state index in [1.54, 1.807) is 0 Å². The predicted molar refractivity (Wildman–Crippen MR) is 116 cm³/mol. The van der Waals surface area contributed by atoms with Crippen LogP contribution in [0.15, 0.2) is 30.3 Å². The zero-order chi connectivity index (χ0) is 21.1. The summed E-state index contributed by atoms with van der Waals surface area (Å²) in [5, 5.41) is 6.01. The van der Waals surface area contributed by atoms with Crippen molar-refractivity contribution in [1.82, 2.24) is 0 Å². The van der Waals surface area contributed by atoms with E-state index >= 15 is 0 Å². The molecule has 0 aliphatic heterocycles. The van der Waals surface area contributed by atoms with Crippen molar-refractivity contribution in [3.63, 3.8) is 0 Å². The second-order valence-corrected chi connectivity index (χ2v) is 8.39. The highest BCUT2D eigenvalue weighted by molar-refractivity contribution is 5.95. The second kappa shape index (κ2) is 8.57. The minimum absolute atomic E-state index is 0.0973. The van der Waals surface area contributed by atoms with Gasteiger partial charge >= 0.3 is 0 Å². The molecule has 2 N–H and O–H groups in total. The lowest BCUT2D eigenvalue weighted by Gasteiger charge is -2.28. The van der Waals surface area contributed by atoms with E-state index in [-0.39, 0.29) is 29.4 Å². The molecular weight excluding hydrogens is 350 g/mol. The molecular formula is C23H32N3O2+. The summed E-state index contributed by atoms with van der Waals surface area (Å²) in [5.74, 6) is -0.196. The van der Waals surface area contributed by atoms with Crippen LogP contribution in [0, 0.1) is 34.6 Å². The number of carbonyl (C=O) groups excluding carboxylic acids is 2. The molecule has 0 aliphatic carbocycles. The van der Waals surface area contributed by atoms with Crippen molar-refractivity contribution in [3.05, 3.63) is 58.1 Å². The van der Waals surface area contributed by atoms with E-state index < -0.39 is 0 Å². The minimum atomic E-state index is -0.0992. The van der Waals surface area contributed by atoms with Crippen LogP contribution in [-0.4, -0.2) is 43.5 Å². The van der Waals surface area contributed by atoms with E-state index in [1.807, 2.05) is 66.9 Å². The van der Waals surface area contributed by atoms with E-state index in [0.29, 0.717) is 0 Å². The minimum Gasteiger partial charge on any atom is -0.321 e. The van der Waals surface area contributed by atoms with Crippen LogP contribution in [0.4, 0.5) is 11.4 Å². The van der Waals surface area contributed by atoms with Gasteiger partial charge in [-0.2, -0.15) is 0 Å². The molecule has 0 saturated heterocycles. The van der Waals surface area contributed by atoms with Gasteiger partial charge in [-0.3, -0.25) is 9.59 Å². The molecule has 2 aromatic carbocycles. The number of rotatable bonds is 6. The largest absolute Gasteiger partial charge is 0.321 e. The highest BCUT2D eigenvalue weighted by Crippen LogP contribution is 2.22. The van der Waals surface area contributed by atoms with Crippen molar-refractivity contribution in [2.24, 2.45) is 0 Å². The number of hydrogen-bond donors (Lipinski definition) is 2. The van der Waals surface area contributed by atoms with E-state index in [9.17, 15) is 9.59 Å². The predicted octanol–water partition coefficient (Wildman–Crippen LogP) is 3.88. The molecule has 0 unspecified atom stereocenters. The summed E-state index contributed by atoms with van der Waals surface area (Å²) in [6, 6.07) is 10.0. The summed E-state index contributed by atoms with van der Waals surface area (Å²) in [7, 11) is 3.78. The molecule has 5 nitrogen and oxygen atoms in total. The van der Waals surface area contributed by atoms with Gasteiger partial charge in [0.1, 0.15) is 0 Å². The van der Waals surface area contributed by atoms with Crippen molar-refractivity contribution >= 4 is 23.2 Å². The zero-order valence-corrected chi connectivity index (χ0v) is 18.1. The Hall–Kier alpha value is -2.66. The number of carbonyl (C=O) groups is 2. The first-order valence-electron chi connectivity index (χ1n) is 9.54. The van der Waals surface area contributed by atoms with Gasteiger partial charge in [0, 0.05) is 11.4 Å². The van der Waals surface area contributed by atoms with E-state index in [0.717, 1.165) is 33.6 Å². The third-order valence-corrected chi connectivity index (χ3v) is 4.83. The Morgan fingerprint density at radius 1 is 0.750 bits per heavy atom. The highest BCUT2D eigenvalue weighted by atomic mass is 16.2. The number of benzene rings is 2. The number of anilines is 2. The number of aryl methyl sites for hydroxylation is 5. The van der Waals surface area contributed by atoms with Crippen LogP contribution in [0.25, 0.3) is 0 Å². The van der Waals surface area contributed by atoms with Gasteiger partial charge in [-0.1, -0.05) is 35.9 Å². The van der Waals surface area contributed by atoms with Crippen LogP contribution >= 0.6 is 0 Å². The fraction of sp³-hybridized carbons (Fsp3) is 0.391. The second-order valence-electron chi connectivity index (χ2n) is 8.39. The van der Waals surface area contributed by atoms with Crippen molar-refractivity contribution < 1.29 is 14.1 Å². The molecule has 0 aliphatic rings. The number of quaternary nitrogens is 1. The molecule has 2 rings (SSSR count). The Morgan fingerprint density at radius 2 is 1.14 bits per heavy atom. The first kappa shape index (κ1) is 21.6. The van der Waals surface area contributed by atoms with E-state index in [1.165, 1.54) is 5.56 Å². The maximum Gasteiger partial charge on any atom is 0.279 e. The molecule has 5 heteroatoms. The Bertz CT molecular complexity index is 857. The smallest absolute Gasteiger partial charge is 0.279 e. The number of nitrogens with one attached hydrogen (secondary N) is 2. The van der Waals surface area contributed by atoms with Gasteiger partial charge in [-0.15, -0.1) is 0 Å². The Morgan fingerprint density at radius 3 is 1.57 bits per heavy atom. The third-order valence-electron chi connectivity index (χ3n) is 4.83. The Labute approximate surface area is 168 Å². The van der Waals surface area contributed by atoms with Crippen LogP contribution in [0.3, 0.4) is 0 Å². The van der Waals surface area contributed by atoms with Crippen molar-refractivity contribution in [3.8, 4) is 0 Å². The summed E-state index contributed by atoms with van der Waals surface area (Å²) in [5.41, 5.74) is 7.03. The SMILES string of the molecule is Cc1cc(C)c(NC(=O)C[N+](C)(C)CC(=O)Nc2c(C)cccc2C)c(C)c1. The molecule has 0 saturated carbocycles. The average Bonchev–Trinajstić information content (AvgIpc) is 2.53. The first-order chi connectivity index (χ1) is 13.0. The molecule has 0 heterocycles. The monoisotopic (exact) mass is 382 g/mol. The highest BCUT2D eigenvalue weighted by Gasteiger charge is 2.25. The maximum atomic E-state index is 12.6. The van der Waals surface area contributed by atoms with Crippen LogP contribution in [-0.2, 0) is 9.59 Å². The number of amides is 2. The van der Waals surface area contributed by atoms with Gasteiger partial charge in [0.05, 0.1) is 14.1 Å². The summed E-state index contributed by atoms with van der Waals surface area (Å²) >= 11 is 0. The van der Waals surface area contributed by atoms with Crippen LogP contribution in [0.5, 0.6) is 0 Å². The quantitative estimate of drug-likeness (QED) is 0.745. The summed E-state index contributed by atoms with van der Waals surface area (Å²) in [6.45, 7) is 10.4. The van der Waals surface area contributed by atoms with Crippen LogP contribution < -0.4 is 10.6 Å². The van der Waals surface area contributed by atoms with Crippen molar-refractivity contribution in [2.75, 3.05) is 37.8 Å². The molecule has 0 aromatic heterocycles. The van der Waals surface area contributed by atoms with Gasteiger partial charge in [0.2, 0.25) is 0 Å². The zero-order valence-electron chi connectivity index (χ0n) is 18.1. The fourth-order valence-electron chi connectivity index (χ4n) is 3.58. The summed E-state index contributed by atoms with van der Waals surface area (Å²) in [4.78, 5) is 25.2. The van der Waals surface area contributed by atoms with Crippen LogP contribution in [0.1, 0.15) is 27.8 Å². The number of likely N-dealkylation sites (N-methyl/N-ethyl adjacent to an activating group) is 1. The third kappa shape index (κ3) is 5.67. The van der Waals surface area contributed by atoms with E-state index in [2.05, 4.69) is 22.8 Å². The van der Waals surface area contributed by atoms with Crippen molar-refractivity contribution in [1.29, 1.82) is 0 Å². The molecule has 2 amide bonds. The number of nitrogens with zero attached hydrogens (tertiary/aromatic N) is 1. The van der Waals surface area contributed by atoms with Gasteiger partial charge in [0.15, 0.2) is 13.1 Å². The van der Waals surface area contributed by atoms with Gasteiger partial charge in [-0.25, -0.2) is 0 Å². The lowest BCUT2D eigenvalue weighted by Crippen LogP contribution is -2.50. The maximum absolute atomic E-state index is 12.6. The standard InChI is InChI=1S/C23H31N3O2/c1-15-11-18(4)23(19(5)12-15)25-21(28)14-26(6,7)13-20(27)24-22-16(2)9-8-10-17(22)3/h8-12H,13-14H2,1-7H3,(H-,24,25,27,28)/p+1. The summed E-state index contributed by atoms with van der Waals surface area (Å²) < 4.78 is 0.270. The van der Waals surface area contributed by atoms with E-state index in [4.69, 9.17) is 0 Å². The molecule has 150 valence electrons. The summed E-state index contributed by atoms with van der Waals surface area (Å²) in [6.07, 6.45) is 0. The lowest BCUT2D eigenvalue weighted by molar-refractivity contribution is -0.874. The average molecular weight is 383 g/mol. The Kier molecular flexibility index (Phi) is 6.62. The lowest BCUT2D eigenvalue weighted by atomic mass is 10.1. The normalized spacial score (nSPS) is 11.2. The van der Waals surface area contributed by atoms with Gasteiger partial charge < -0.3 is 15.1 Å². The molecule has 0 atom stereocenters. The number of para-hydroxylation sites is 1. The molecule has 0 radical (unpaired) electrons. The molecule has 0 spiro atoms. The molecule has 28 heavy (non-hydrogen) atoms. The topological polar surface area (TPSA) is 58.2 Å². The molecule has 2 aromatic rings. The van der Waals surface area contributed by atoms with Gasteiger partial charge in [-0.05, 0) is 56.9 Å². The number of hydrogen-bond acceptors (Lipinski definition) is 2. The van der Waals surface area contributed by atoms with Gasteiger partial charge in [0.25, 0.3) is 11.8 Å². The Balaban J connectivity index is 2.01. The molecule has 0 bridgehead atoms. The molecule has 0 fully saturated rings. The van der Waals surface area contributed by atoms with Crippen molar-refractivity contribution in [2.45, 2.75) is 34.6 Å². The van der Waals surface area contributed by atoms with Crippen LogP contribution in [0.2, 0.25) is 0 Å². The fourth-order valence-corrected chi connectivity index (χ4v) is 3.58.